The predicted molar refractivity (Wildman–Crippen MR) is 104 cm³/mol. The molecule has 1 aromatic heterocycles. The first-order valence-corrected chi connectivity index (χ1v) is 9.84. The maximum absolute atomic E-state index is 11.3. The van der Waals surface area contributed by atoms with Crippen LogP contribution in [-0.4, -0.2) is 63.6 Å². The number of nitrogens with one attached hydrogen (secondary N) is 1. The summed E-state index contributed by atoms with van der Waals surface area (Å²) < 4.78 is 11.4. The number of carbonyl (C=O) groups is 2. The van der Waals surface area contributed by atoms with Gasteiger partial charge in [0, 0.05) is 18.0 Å². The molecule has 162 valence electrons. The lowest BCUT2D eigenvalue weighted by molar-refractivity contribution is -0.172. The summed E-state index contributed by atoms with van der Waals surface area (Å²) in [6, 6.07) is 1.47. The molecule has 0 saturated carbocycles. The Hall–Kier alpha value is -1.94. The van der Waals surface area contributed by atoms with Crippen molar-refractivity contribution >= 4 is 23.5 Å². The van der Waals surface area contributed by atoms with Gasteiger partial charge in [-0.25, -0.2) is 14.6 Å². The second kappa shape index (κ2) is 10.7. The standard InChI is InChI=1S/C19H27ClN2O7/c1-10(2)5-13(11-3-4-21-7-11)29-14-8-22-15(20)6-12(14)9-28-17(19(26)27)16(23)18(24)25/h6,8,10-11,13,16-17,21,23H,3-5,7,9H2,1-2H3,(H,24,25)(H,26,27). The number of aliphatic carboxylic acids is 2. The summed E-state index contributed by atoms with van der Waals surface area (Å²) >= 11 is 5.96. The van der Waals surface area contributed by atoms with Gasteiger partial charge in [-0.2, -0.15) is 0 Å². The highest BCUT2D eigenvalue weighted by molar-refractivity contribution is 6.29. The van der Waals surface area contributed by atoms with Crippen molar-refractivity contribution in [3.8, 4) is 5.75 Å². The third-order valence-corrected chi connectivity index (χ3v) is 4.93. The fourth-order valence-corrected chi connectivity index (χ4v) is 3.42. The zero-order chi connectivity index (χ0) is 21.6. The van der Waals surface area contributed by atoms with Crippen LogP contribution in [0, 0.1) is 11.8 Å². The zero-order valence-corrected chi connectivity index (χ0v) is 17.1. The van der Waals surface area contributed by atoms with Gasteiger partial charge in [-0.05, 0) is 31.4 Å². The van der Waals surface area contributed by atoms with Gasteiger partial charge in [0.1, 0.15) is 17.0 Å². The van der Waals surface area contributed by atoms with Crippen molar-refractivity contribution in [2.45, 2.75) is 51.6 Å². The molecule has 2 heterocycles. The van der Waals surface area contributed by atoms with Crippen LogP contribution in [0.15, 0.2) is 12.3 Å². The van der Waals surface area contributed by atoms with Crippen molar-refractivity contribution in [2.24, 2.45) is 11.8 Å². The average Bonchev–Trinajstić information content (AvgIpc) is 3.17. The third kappa shape index (κ3) is 6.81. The summed E-state index contributed by atoms with van der Waals surface area (Å²) in [7, 11) is 0. The molecule has 4 unspecified atom stereocenters. The van der Waals surface area contributed by atoms with Crippen molar-refractivity contribution in [1.29, 1.82) is 0 Å². The molecule has 1 aliphatic rings. The second-order valence-corrected chi connectivity index (χ2v) is 7.89. The van der Waals surface area contributed by atoms with Crippen LogP contribution in [0.2, 0.25) is 5.15 Å². The molecular formula is C19H27ClN2O7. The molecule has 0 amide bonds. The normalized spacial score (nSPS) is 19.7. The molecule has 4 atom stereocenters. The quantitative estimate of drug-likeness (QED) is 0.385. The Morgan fingerprint density at radius 3 is 2.62 bits per heavy atom. The number of aromatic nitrogens is 1. The summed E-state index contributed by atoms with van der Waals surface area (Å²) in [5.41, 5.74) is 0.425. The van der Waals surface area contributed by atoms with Gasteiger partial charge in [-0.15, -0.1) is 0 Å². The lowest BCUT2D eigenvalue weighted by atomic mass is 9.93. The van der Waals surface area contributed by atoms with E-state index in [1.807, 2.05) is 0 Å². The number of halogens is 1. The van der Waals surface area contributed by atoms with Crippen LogP contribution in [0.25, 0.3) is 0 Å². The van der Waals surface area contributed by atoms with Gasteiger partial charge < -0.3 is 30.1 Å². The zero-order valence-electron chi connectivity index (χ0n) is 16.4. The summed E-state index contributed by atoms with van der Waals surface area (Å²) in [5, 5.41) is 31.1. The van der Waals surface area contributed by atoms with E-state index in [0.717, 1.165) is 25.9 Å². The second-order valence-electron chi connectivity index (χ2n) is 7.51. The lowest BCUT2D eigenvalue weighted by Crippen LogP contribution is -2.41. The number of carboxylic acid groups (broad SMARTS) is 2. The SMILES string of the molecule is CC(C)CC(Oc1cnc(Cl)cc1COC(C(=O)O)C(O)C(=O)O)C1CCNC1. The van der Waals surface area contributed by atoms with Crippen molar-refractivity contribution in [3.05, 3.63) is 23.0 Å². The molecule has 9 nitrogen and oxygen atoms in total. The number of hydrogen-bond acceptors (Lipinski definition) is 7. The molecule has 4 N–H and O–H groups in total. The Morgan fingerprint density at radius 1 is 1.34 bits per heavy atom. The Labute approximate surface area is 174 Å². The minimum atomic E-state index is -2.20. The summed E-state index contributed by atoms with van der Waals surface area (Å²) in [6.07, 6.45) is -0.960. The first-order chi connectivity index (χ1) is 13.7. The highest BCUT2D eigenvalue weighted by Gasteiger charge is 2.33. The monoisotopic (exact) mass is 430 g/mol. The number of aliphatic hydroxyl groups is 1. The van der Waals surface area contributed by atoms with Crippen LogP contribution >= 0.6 is 11.6 Å². The topological polar surface area (TPSA) is 138 Å². The highest BCUT2D eigenvalue weighted by atomic mass is 35.5. The predicted octanol–water partition coefficient (Wildman–Crippen LogP) is 1.55. The number of nitrogens with zero attached hydrogens (tertiary/aromatic N) is 1. The van der Waals surface area contributed by atoms with E-state index in [-0.39, 0.29) is 17.9 Å². The Kier molecular flexibility index (Phi) is 8.63. The van der Waals surface area contributed by atoms with E-state index in [2.05, 4.69) is 24.1 Å². The minimum absolute atomic E-state index is 0.0772. The molecule has 0 aliphatic carbocycles. The molecule has 0 bridgehead atoms. The number of carboxylic acids is 2. The van der Waals surface area contributed by atoms with E-state index in [1.54, 1.807) is 0 Å². The van der Waals surface area contributed by atoms with Crippen LogP contribution in [0.5, 0.6) is 5.75 Å². The van der Waals surface area contributed by atoms with Crippen LogP contribution in [-0.2, 0) is 20.9 Å². The molecule has 2 rings (SSSR count). The summed E-state index contributed by atoms with van der Waals surface area (Å²) in [6.45, 7) is 5.67. The Bertz CT molecular complexity index is 710. The van der Waals surface area contributed by atoms with E-state index < -0.39 is 24.1 Å². The van der Waals surface area contributed by atoms with Crippen molar-refractivity contribution in [2.75, 3.05) is 13.1 Å². The molecule has 1 aromatic rings. The molecule has 0 spiro atoms. The lowest BCUT2D eigenvalue weighted by Gasteiger charge is -2.27. The molecule has 1 saturated heterocycles. The van der Waals surface area contributed by atoms with E-state index >= 15 is 0 Å². The first kappa shape index (κ1) is 23.3. The summed E-state index contributed by atoms with van der Waals surface area (Å²) in [4.78, 5) is 26.2. The van der Waals surface area contributed by atoms with Crippen molar-refractivity contribution in [1.82, 2.24) is 10.3 Å². The van der Waals surface area contributed by atoms with Gasteiger partial charge in [-0.3, -0.25) is 0 Å². The Morgan fingerprint density at radius 2 is 2.07 bits per heavy atom. The van der Waals surface area contributed by atoms with Crippen molar-refractivity contribution < 1.29 is 34.4 Å². The fraction of sp³-hybridized carbons (Fsp3) is 0.632. The number of ether oxygens (including phenoxy) is 2. The summed E-state index contributed by atoms with van der Waals surface area (Å²) in [5.74, 6) is -2.16. The Balaban J connectivity index is 2.18. The molecule has 1 fully saturated rings. The van der Waals surface area contributed by atoms with E-state index in [1.165, 1.54) is 12.3 Å². The number of pyridine rings is 1. The maximum Gasteiger partial charge on any atom is 0.336 e. The van der Waals surface area contributed by atoms with E-state index in [0.29, 0.717) is 23.1 Å². The first-order valence-electron chi connectivity index (χ1n) is 9.46. The van der Waals surface area contributed by atoms with Crippen LogP contribution < -0.4 is 10.1 Å². The maximum atomic E-state index is 11.3. The van der Waals surface area contributed by atoms with Gasteiger partial charge >= 0.3 is 11.9 Å². The third-order valence-electron chi connectivity index (χ3n) is 4.72. The number of aliphatic hydroxyl groups excluding tert-OH is 1. The smallest absolute Gasteiger partial charge is 0.336 e. The molecule has 10 heteroatoms. The van der Waals surface area contributed by atoms with E-state index in [4.69, 9.17) is 31.3 Å². The minimum Gasteiger partial charge on any atom is -0.488 e. The molecule has 0 aromatic carbocycles. The van der Waals surface area contributed by atoms with Crippen LogP contribution in [0.3, 0.4) is 0 Å². The van der Waals surface area contributed by atoms with Gasteiger partial charge in [-0.1, -0.05) is 25.4 Å². The largest absolute Gasteiger partial charge is 0.488 e. The molecule has 0 radical (unpaired) electrons. The van der Waals surface area contributed by atoms with Crippen molar-refractivity contribution in [3.63, 3.8) is 0 Å². The van der Waals surface area contributed by atoms with Gasteiger partial charge in [0.05, 0.1) is 12.8 Å². The van der Waals surface area contributed by atoms with Gasteiger partial charge in [0.2, 0.25) is 0 Å². The molecule has 1 aliphatic heterocycles. The average molecular weight is 431 g/mol. The number of rotatable bonds is 11. The molecule has 29 heavy (non-hydrogen) atoms. The fourth-order valence-electron chi connectivity index (χ4n) is 3.24. The van der Waals surface area contributed by atoms with Gasteiger partial charge in [0.15, 0.2) is 12.2 Å². The number of hydrogen-bond donors (Lipinski definition) is 4. The molecular weight excluding hydrogens is 404 g/mol. The highest BCUT2D eigenvalue weighted by Crippen LogP contribution is 2.29. The van der Waals surface area contributed by atoms with Crippen LogP contribution in [0.4, 0.5) is 0 Å². The van der Waals surface area contributed by atoms with Gasteiger partial charge in [0.25, 0.3) is 0 Å². The van der Waals surface area contributed by atoms with E-state index in [9.17, 15) is 14.7 Å². The van der Waals surface area contributed by atoms with Crippen LogP contribution in [0.1, 0.15) is 32.3 Å².